The van der Waals surface area contributed by atoms with Crippen LogP contribution in [0.25, 0.3) is 0 Å². The van der Waals surface area contributed by atoms with E-state index in [1.165, 1.54) is 51.4 Å². The zero-order valence-electron chi connectivity index (χ0n) is 23.1. The molecule has 0 aliphatic heterocycles. The van der Waals surface area contributed by atoms with E-state index in [9.17, 15) is 9.59 Å². The molecule has 0 bridgehead atoms. The molecule has 1 aromatic rings. The summed E-state index contributed by atoms with van der Waals surface area (Å²) < 4.78 is 5.56. The molecule has 4 aliphatic carbocycles. The number of ether oxygens (including phenoxy) is 1. The van der Waals surface area contributed by atoms with Crippen LogP contribution in [0.4, 0.5) is 0 Å². The second-order valence-corrected chi connectivity index (χ2v) is 13.4. The summed E-state index contributed by atoms with van der Waals surface area (Å²) in [5.74, 6) is 3.96. The quantitative estimate of drug-likeness (QED) is 0.362. The highest BCUT2D eigenvalue weighted by atomic mass is 16.5. The maximum Gasteiger partial charge on any atom is 0.306 e. The summed E-state index contributed by atoms with van der Waals surface area (Å²) >= 11 is 0. The molecule has 9 atom stereocenters. The lowest BCUT2D eigenvalue weighted by molar-refractivity contribution is -0.168. The molecule has 5 unspecified atom stereocenters. The van der Waals surface area contributed by atoms with E-state index in [1.807, 2.05) is 30.3 Å². The fourth-order valence-electron chi connectivity index (χ4n) is 10.0. The third-order valence-electron chi connectivity index (χ3n) is 11.9. The van der Waals surface area contributed by atoms with Crippen LogP contribution in [0, 0.1) is 52.3 Å². The number of carbonyl (C=O) groups excluding carboxylic acids is 2. The van der Waals surface area contributed by atoms with Crippen LogP contribution >= 0.6 is 0 Å². The smallest absolute Gasteiger partial charge is 0.306 e. The van der Waals surface area contributed by atoms with Crippen LogP contribution in [0.1, 0.15) is 104 Å². The molecule has 0 N–H and O–H groups in total. The van der Waals surface area contributed by atoms with Crippen molar-refractivity contribution < 1.29 is 14.3 Å². The van der Waals surface area contributed by atoms with E-state index in [-0.39, 0.29) is 23.2 Å². The average molecular weight is 493 g/mol. The molecule has 0 saturated heterocycles. The van der Waals surface area contributed by atoms with Gasteiger partial charge in [0.1, 0.15) is 12.4 Å². The van der Waals surface area contributed by atoms with Gasteiger partial charge in [-0.05, 0) is 97.3 Å². The Morgan fingerprint density at radius 3 is 2.47 bits per heavy atom. The lowest BCUT2D eigenvalue weighted by Crippen LogP contribution is -2.59. The largest absolute Gasteiger partial charge is 0.461 e. The summed E-state index contributed by atoms with van der Waals surface area (Å²) in [6, 6.07) is 9.93. The van der Waals surface area contributed by atoms with Gasteiger partial charge in [0.15, 0.2) is 0 Å². The molecule has 0 radical (unpaired) electrons. The maximum atomic E-state index is 14.1. The van der Waals surface area contributed by atoms with Gasteiger partial charge < -0.3 is 4.74 Å². The van der Waals surface area contributed by atoms with E-state index < -0.39 is 0 Å². The highest BCUT2D eigenvalue weighted by Crippen LogP contribution is 2.68. The highest BCUT2D eigenvalue weighted by molar-refractivity contribution is 5.86. The Morgan fingerprint density at radius 1 is 0.972 bits per heavy atom. The van der Waals surface area contributed by atoms with Crippen LogP contribution in [-0.2, 0) is 20.9 Å². The Bertz CT molecular complexity index is 940. The average Bonchev–Trinajstić information content (AvgIpc) is 3.24. The van der Waals surface area contributed by atoms with E-state index in [0.29, 0.717) is 53.8 Å². The van der Waals surface area contributed by atoms with Crippen molar-refractivity contribution in [2.24, 2.45) is 52.3 Å². The number of rotatable bonds is 7. The molecular weight excluding hydrogens is 444 g/mol. The molecule has 1 aromatic carbocycles. The summed E-state index contributed by atoms with van der Waals surface area (Å²) in [7, 11) is 0. The Hall–Kier alpha value is -1.64. The topological polar surface area (TPSA) is 43.4 Å². The molecule has 4 fully saturated rings. The van der Waals surface area contributed by atoms with Crippen molar-refractivity contribution >= 4 is 11.8 Å². The lowest BCUT2D eigenvalue weighted by atomic mass is 9.42. The molecule has 4 aliphatic rings. The molecular formula is C33H48O3. The van der Waals surface area contributed by atoms with Crippen LogP contribution < -0.4 is 0 Å². The third kappa shape index (κ3) is 4.37. The lowest BCUT2D eigenvalue weighted by Gasteiger charge is -2.62. The van der Waals surface area contributed by atoms with Gasteiger partial charge in [0.05, 0.1) is 0 Å². The van der Waals surface area contributed by atoms with Gasteiger partial charge in [0.25, 0.3) is 0 Å². The van der Waals surface area contributed by atoms with Gasteiger partial charge in [0.2, 0.25) is 0 Å². The Labute approximate surface area is 219 Å². The molecule has 0 heterocycles. The summed E-state index contributed by atoms with van der Waals surface area (Å²) in [5.41, 5.74) is 1.64. The first-order valence-corrected chi connectivity index (χ1v) is 15.0. The van der Waals surface area contributed by atoms with Gasteiger partial charge in [-0.15, -0.1) is 0 Å². The molecule has 4 saturated carbocycles. The first-order valence-electron chi connectivity index (χ1n) is 15.0. The minimum absolute atomic E-state index is 0.0846. The van der Waals surface area contributed by atoms with Crippen molar-refractivity contribution in [1.29, 1.82) is 0 Å². The van der Waals surface area contributed by atoms with Gasteiger partial charge in [-0.1, -0.05) is 70.9 Å². The predicted octanol–water partition coefficient (Wildman–Crippen LogP) is 8.01. The van der Waals surface area contributed by atoms with Crippen molar-refractivity contribution in [3.05, 3.63) is 35.9 Å². The van der Waals surface area contributed by atoms with E-state index in [1.54, 1.807) is 0 Å². The molecule has 0 amide bonds. The Kier molecular flexibility index (Phi) is 7.40. The first-order chi connectivity index (χ1) is 17.3. The molecule has 3 heteroatoms. The van der Waals surface area contributed by atoms with Crippen molar-refractivity contribution in [1.82, 2.24) is 0 Å². The van der Waals surface area contributed by atoms with E-state index >= 15 is 0 Å². The third-order valence-corrected chi connectivity index (χ3v) is 11.9. The molecule has 36 heavy (non-hydrogen) atoms. The number of fused-ring (bicyclic) bond motifs is 5. The number of carbonyl (C=O) groups is 2. The number of benzene rings is 1. The number of ketones is 1. The standard InChI is InChI=1S/C33H48O3/c1-5-24-26-13-9-10-19-32(26,3)28-18-20-33(4)25(15-16-27(33)30(28)31(24)35)22(2)14-17-29(34)36-21-23-11-7-6-8-12-23/h6-8,11-12,22,24-28,30H,5,9-10,13-21H2,1-4H3/t22-,24+,25?,26?,27?,28?,30?,32+,33-/m1/s1. The van der Waals surface area contributed by atoms with Crippen molar-refractivity contribution in [3.8, 4) is 0 Å². The van der Waals surface area contributed by atoms with Gasteiger partial charge in [-0.3, -0.25) is 9.59 Å². The fraction of sp³-hybridized carbons (Fsp3) is 0.758. The zero-order chi connectivity index (χ0) is 25.5. The first kappa shape index (κ1) is 26.0. The molecule has 0 spiro atoms. The minimum atomic E-state index is -0.0846. The second kappa shape index (κ2) is 10.3. The van der Waals surface area contributed by atoms with Gasteiger partial charge in [-0.2, -0.15) is 0 Å². The second-order valence-electron chi connectivity index (χ2n) is 13.4. The summed E-state index contributed by atoms with van der Waals surface area (Å²) in [4.78, 5) is 26.6. The van der Waals surface area contributed by atoms with E-state index in [4.69, 9.17) is 4.74 Å². The number of hydrogen-bond donors (Lipinski definition) is 0. The van der Waals surface area contributed by atoms with Crippen LogP contribution in [0.5, 0.6) is 0 Å². The molecule has 0 aromatic heterocycles. The van der Waals surface area contributed by atoms with Crippen LogP contribution in [-0.4, -0.2) is 11.8 Å². The maximum absolute atomic E-state index is 14.1. The molecule has 5 rings (SSSR count). The van der Waals surface area contributed by atoms with Crippen LogP contribution in [0.2, 0.25) is 0 Å². The van der Waals surface area contributed by atoms with E-state index in [2.05, 4.69) is 27.7 Å². The number of hydrogen-bond acceptors (Lipinski definition) is 3. The Morgan fingerprint density at radius 2 is 1.72 bits per heavy atom. The summed E-state index contributed by atoms with van der Waals surface area (Å²) in [6.45, 7) is 10.1. The van der Waals surface area contributed by atoms with Gasteiger partial charge >= 0.3 is 5.97 Å². The predicted molar refractivity (Wildman–Crippen MR) is 144 cm³/mol. The summed E-state index contributed by atoms with van der Waals surface area (Å²) in [6.07, 6.45) is 12.6. The van der Waals surface area contributed by atoms with Gasteiger partial charge in [0, 0.05) is 18.3 Å². The van der Waals surface area contributed by atoms with Crippen LogP contribution in [0.3, 0.4) is 0 Å². The SMILES string of the molecule is CC[C@@H]1C(=O)C2C3CCC([C@H](C)CCC(=O)OCc4ccccc4)[C@@]3(C)CCC2[C@@]2(C)CCCCC12. The van der Waals surface area contributed by atoms with E-state index in [0.717, 1.165) is 18.4 Å². The normalized spacial score (nSPS) is 40.6. The molecule has 198 valence electrons. The summed E-state index contributed by atoms with van der Waals surface area (Å²) in [5, 5.41) is 0. The highest BCUT2D eigenvalue weighted by Gasteiger charge is 2.64. The zero-order valence-corrected chi connectivity index (χ0v) is 23.1. The number of Topliss-reactive ketones (excluding diaryl/α,β-unsaturated/α-hetero) is 1. The molecule has 3 nitrogen and oxygen atoms in total. The van der Waals surface area contributed by atoms with Crippen molar-refractivity contribution in [2.75, 3.05) is 0 Å². The minimum Gasteiger partial charge on any atom is -0.461 e. The van der Waals surface area contributed by atoms with Crippen LogP contribution in [0.15, 0.2) is 30.3 Å². The monoisotopic (exact) mass is 492 g/mol. The van der Waals surface area contributed by atoms with Crippen molar-refractivity contribution in [3.63, 3.8) is 0 Å². The van der Waals surface area contributed by atoms with Crippen molar-refractivity contribution in [2.45, 2.75) is 105 Å². The Balaban J connectivity index is 1.25. The number of esters is 1. The van der Waals surface area contributed by atoms with Gasteiger partial charge in [-0.25, -0.2) is 0 Å². The fourth-order valence-corrected chi connectivity index (χ4v) is 10.0.